The third kappa shape index (κ3) is 41.4. The molecule has 2 amide bonds. The van der Waals surface area contributed by atoms with Crippen molar-refractivity contribution in [3.8, 4) is 0 Å². The highest BCUT2D eigenvalue weighted by atomic mass is 79.9. The predicted octanol–water partition coefficient (Wildman–Crippen LogP) is 5.63. The topological polar surface area (TPSA) is 123 Å². The summed E-state index contributed by atoms with van der Waals surface area (Å²) >= 11 is 3.15. The van der Waals surface area contributed by atoms with Gasteiger partial charge in [0.15, 0.2) is 0 Å². The van der Waals surface area contributed by atoms with Crippen LogP contribution in [0.5, 0.6) is 0 Å². The third-order valence-corrected chi connectivity index (χ3v) is 5.83. The summed E-state index contributed by atoms with van der Waals surface area (Å²) < 4.78 is 16.1. The highest BCUT2D eigenvalue weighted by molar-refractivity contribution is 9.09. The second-order valence-corrected chi connectivity index (χ2v) is 10.5. The van der Waals surface area contributed by atoms with Gasteiger partial charge in [0, 0.05) is 31.3 Å². The number of carbonyl (C=O) groups is 3. The van der Waals surface area contributed by atoms with Crippen molar-refractivity contribution in [1.82, 2.24) is 10.6 Å². The van der Waals surface area contributed by atoms with Crippen LogP contribution in [0.2, 0.25) is 0 Å². The summed E-state index contributed by atoms with van der Waals surface area (Å²) in [5.74, 6) is -0.587. The molecule has 0 aromatic rings. The monoisotopic (exact) mass is 624 g/mol. The van der Waals surface area contributed by atoms with Crippen LogP contribution in [0.25, 0.3) is 0 Å². The van der Waals surface area contributed by atoms with E-state index in [2.05, 4.69) is 26.6 Å². The normalized spacial score (nSPS) is 10.5. The van der Waals surface area contributed by atoms with Gasteiger partial charge in [-0.05, 0) is 12.8 Å². The van der Waals surface area contributed by atoms with Gasteiger partial charge in [0.1, 0.15) is 0 Å². The molecule has 0 atom stereocenters. The van der Waals surface area contributed by atoms with Crippen LogP contribution >= 0.6 is 15.9 Å². The van der Waals surface area contributed by atoms with Gasteiger partial charge in [-0.2, -0.15) is 0 Å². The maximum Gasteiger partial charge on any atom is 0.303 e. The Morgan fingerprint density at radius 2 is 1.00 bits per heavy atom. The van der Waals surface area contributed by atoms with Crippen molar-refractivity contribution in [2.45, 2.75) is 110 Å². The lowest BCUT2D eigenvalue weighted by Gasteiger charge is -2.08. The first kappa shape index (κ1) is 39.9. The number of amides is 2. The Morgan fingerprint density at radius 3 is 1.41 bits per heavy atom. The molecule has 0 saturated heterocycles. The van der Waals surface area contributed by atoms with Gasteiger partial charge in [0.05, 0.1) is 39.6 Å². The van der Waals surface area contributed by atoms with E-state index in [1.165, 1.54) is 57.8 Å². The molecule has 0 heterocycles. The Labute approximate surface area is 246 Å². The Bertz CT molecular complexity index is 528. The van der Waals surface area contributed by atoms with Gasteiger partial charge in [-0.15, -0.1) is 0 Å². The van der Waals surface area contributed by atoms with Crippen molar-refractivity contribution in [3.05, 3.63) is 0 Å². The van der Waals surface area contributed by atoms with E-state index in [-0.39, 0.29) is 5.91 Å². The Hall–Kier alpha value is -1.23. The molecule has 0 bridgehead atoms. The second-order valence-electron chi connectivity index (χ2n) is 9.37. The first-order valence-electron chi connectivity index (χ1n) is 15.0. The summed E-state index contributed by atoms with van der Waals surface area (Å²) in [6.45, 7) is 5.97. The first-order chi connectivity index (χ1) is 19.1. The van der Waals surface area contributed by atoms with Crippen LogP contribution in [0.4, 0.5) is 0 Å². The lowest BCUT2D eigenvalue weighted by atomic mass is 10.0. The van der Waals surface area contributed by atoms with E-state index in [1.54, 1.807) is 0 Å². The van der Waals surface area contributed by atoms with E-state index >= 15 is 0 Å². The van der Waals surface area contributed by atoms with Crippen LogP contribution in [0.15, 0.2) is 0 Å². The molecule has 0 radical (unpaired) electrons. The number of unbranched alkanes of at least 4 members (excludes halogenated alkanes) is 13. The van der Waals surface area contributed by atoms with Crippen molar-refractivity contribution in [2.75, 3.05) is 58.1 Å². The smallest absolute Gasteiger partial charge is 0.303 e. The second kappa shape index (κ2) is 36.8. The number of aliphatic carboxylic acids is 1. The van der Waals surface area contributed by atoms with Crippen molar-refractivity contribution in [1.29, 1.82) is 0 Å². The molecule has 232 valence electrons. The summed E-state index contributed by atoms with van der Waals surface area (Å²) in [5.41, 5.74) is 0. The van der Waals surface area contributed by atoms with Gasteiger partial charge in [-0.1, -0.05) is 99.9 Å². The SMILES string of the molecule is CCBr.O=CNCCOCCOCCOCCNC(=O)CCCCCCCCCCCCCCCCC(=O)O. The number of hydrogen-bond donors (Lipinski definition) is 3. The molecule has 10 heteroatoms. The maximum atomic E-state index is 11.9. The van der Waals surface area contributed by atoms with E-state index in [9.17, 15) is 14.4 Å². The molecule has 3 N–H and O–H groups in total. The number of halogens is 1. The zero-order chi connectivity index (χ0) is 29.1. The van der Waals surface area contributed by atoms with Crippen LogP contribution in [0.3, 0.4) is 0 Å². The van der Waals surface area contributed by atoms with Gasteiger partial charge >= 0.3 is 5.97 Å². The molecular weight excluding hydrogens is 568 g/mol. The zero-order valence-electron chi connectivity index (χ0n) is 24.5. The minimum Gasteiger partial charge on any atom is -0.481 e. The van der Waals surface area contributed by atoms with E-state index in [4.69, 9.17) is 19.3 Å². The molecule has 0 aromatic heterocycles. The van der Waals surface area contributed by atoms with Crippen LogP contribution in [0, 0.1) is 0 Å². The van der Waals surface area contributed by atoms with Gasteiger partial charge in [-0.3, -0.25) is 14.4 Å². The predicted molar refractivity (Wildman–Crippen MR) is 161 cm³/mol. The number of nitrogens with one attached hydrogen (secondary N) is 2. The summed E-state index contributed by atoms with van der Waals surface area (Å²) in [6.07, 6.45) is 18.1. The third-order valence-electron chi connectivity index (χ3n) is 5.83. The fraction of sp³-hybridized carbons (Fsp3) is 0.897. The molecule has 0 aliphatic heterocycles. The number of ether oxygens (including phenoxy) is 3. The van der Waals surface area contributed by atoms with Crippen molar-refractivity contribution in [2.24, 2.45) is 0 Å². The largest absolute Gasteiger partial charge is 0.481 e. The maximum absolute atomic E-state index is 11.9. The summed E-state index contributed by atoms with van der Waals surface area (Å²) in [5, 5.41) is 15.1. The van der Waals surface area contributed by atoms with Crippen LogP contribution in [-0.2, 0) is 28.6 Å². The van der Waals surface area contributed by atoms with E-state index < -0.39 is 5.97 Å². The van der Waals surface area contributed by atoms with Crippen LogP contribution < -0.4 is 10.6 Å². The molecule has 0 saturated carbocycles. The first-order valence-corrected chi connectivity index (χ1v) is 16.1. The van der Waals surface area contributed by atoms with Gasteiger partial charge in [0.2, 0.25) is 12.3 Å². The van der Waals surface area contributed by atoms with Crippen molar-refractivity contribution in [3.63, 3.8) is 0 Å². The number of rotatable bonds is 30. The number of hydrogen-bond acceptors (Lipinski definition) is 6. The van der Waals surface area contributed by atoms with Crippen molar-refractivity contribution >= 4 is 34.2 Å². The summed E-state index contributed by atoms with van der Waals surface area (Å²) in [6, 6.07) is 0. The minimum absolute atomic E-state index is 0.0953. The molecule has 0 rings (SSSR count). The van der Waals surface area contributed by atoms with Gasteiger partial charge < -0.3 is 30.0 Å². The number of alkyl halides is 1. The molecule has 9 nitrogen and oxygen atoms in total. The summed E-state index contributed by atoms with van der Waals surface area (Å²) in [4.78, 5) is 32.3. The Morgan fingerprint density at radius 1 is 0.641 bits per heavy atom. The molecule has 0 aromatic carbocycles. The highest BCUT2D eigenvalue weighted by Crippen LogP contribution is 2.13. The van der Waals surface area contributed by atoms with E-state index in [0.29, 0.717) is 72.0 Å². The van der Waals surface area contributed by atoms with Gasteiger partial charge in [-0.25, -0.2) is 0 Å². The molecule has 0 aliphatic rings. The lowest BCUT2D eigenvalue weighted by Crippen LogP contribution is -2.27. The fourth-order valence-corrected chi connectivity index (χ4v) is 3.77. The zero-order valence-corrected chi connectivity index (χ0v) is 26.1. The molecule has 39 heavy (non-hydrogen) atoms. The Balaban J connectivity index is 0. The molecule has 0 aliphatic carbocycles. The standard InChI is InChI=1S/C27H52N2O7.C2H5Br/c30-25-28-17-19-34-21-23-36-24-22-35-20-18-29-26(31)15-13-11-9-7-5-3-1-2-4-6-8-10-12-14-16-27(32)33;1-2-3/h25H,1-24H2,(H,28,30)(H,29,31)(H,32,33);2H2,1H3. The van der Waals surface area contributed by atoms with Crippen LogP contribution in [-0.4, -0.2) is 81.5 Å². The van der Waals surface area contributed by atoms with Gasteiger partial charge in [0.25, 0.3) is 0 Å². The quantitative estimate of drug-likeness (QED) is 0.0538. The van der Waals surface area contributed by atoms with Crippen LogP contribution in [0.1, 0.15) is 110 Å². The number of carbonyl (C=O) groups excluding carboxylic acids is 2. The van der Waals surface area contributed by atoms with E-state index in [0.717, 1.165) is 37.4 Å². The van der Waals surface area contributed by atoms with Crippen molar-refractivity contribution < 1.29 is 33.7 Å². The highest BCUT2D eigenvalue weighted by Gasteiger charge is 2.01. The molecule has 0 spiro atoms. The number of carboxylic acid groups (broad SMARTS) is 1. The van der Waals surface area contributed by atoms with E-state index in [1.807, 2.05) is 6.92 Å². The number of carboxylic acids is 1. The Kier molecular flexibility index (Phi) is 37.6. The molecular formula is C29H57BrN2O7. The summed E-state index contributed by atoms with van der Waals surface area (Å²) in [7, 11) is 0. The fourth-order valence-electron chi connectivity index (χ4n) is 3.77. The molecule has 0 fully saturated rings. The minimum atomic E-state index is -0.682. The molecule has 0 unspecified atom stereocenters. The average molecular weight is 626 g/mol. The average Bonchev–Trinajstić information content (AvgIpc) is 2.91. The lowest BCUT2D eigenvalue weighted by molar-refractivity contribution is -0.137.